The van der Waals surface area contributed by atoms with Crippen molar-refractivity contribution in [3.8, 4) is 11.4 Å². The number of nitrogens with zero attached hydrogens (tertiary/aromatic N) is 5. The summed E-state index contributed by atoms with van der Waals surface area (Å²) in [5, 5.41) is 4.54. The van der Waals surface area contributed by atoms with E-state index in [4.69, 9.17) is 7.85 Å². The first-order valence-electron chi connectivity index (χ1n) is 7.56. The number of aromatic nitrogens is 5. The minimum atomic E-state index is -0.188. The molecule has 116 valence electrons. The number of pyridine rings is 1. The van der Waals surface area contributed by atoms with E-state index in [0.717, 1.165) is 22.5 Å². The Morgan fingerprint density at radius 2 is 1.67 bits per heavy atom. The average molecular weight is 315 g/mol. The fourth-order valence-corrected chi connectivity index (χ4v) is 2.90. The molecule has 4 heterocycles. The Morgan fingerprint density at radius 1 is 0.917 bits per heavy atom. The van der Waals surface area contributed by atoms with Crippen LogP contribution in [0.2, 0.25) is 0 Å². The minimum absolute atomic E-state index is 0.188. The van der Waals surface area contributed by atoms with E-state index in [1.165, 1.54) is 10.5 Å². The molecule has 4 aromatic rings. The van der Waals surface area contributed by atoms with Gasteiger partial charge >= 0.3 is 0 Å². The number of aryl methyl sites for hydroxylation is 3. The van der Waals surface area contributed by atoms with Crippen LogP contribution in [0.4, 0.5) is 0 Å². The molecule has 0 aliphatic carbocycles. The molecule has 0 saturated carbocycles. The predicted octanol–water partition coefficient (Wildman–Crippen LogP) is 1.12. The quantitative estimate of drug-likeness (QED) is 0.494. The Bertz CT molecular complexity index is 1180. The molecule has 0 aliphatic heterocycles. The molecule has 4 aromatic heterocycles. The van der Waals surface area contributed by atoms with E-state index < -0.39 is 0 Å². The largest absolute Gasteiger partial charge is 0.269 e. The van der Waals surface area contributed by atoms with Crippen LogP contribution < -0.4 is 11.0 Å². The molecule has 4 rings (SSSR count). The summed E-state index contributed by atoms with van der Waals surface area (Å²) < 4.78 is 3.18. The average Bonchev–Trinajstić information content (AvgIpc) is 2.89. The van der Waals surface area contributed by atoms with Crippen molar-refractivity contribution in [1.82, 2.24) is 24.0 Å². The number of hydrogen-bond donors (Lipinski definition) is 0. The third-order valence-electron chi connectivity index (χ3n) is 3.96. The van der Waals surface area contributed by atoms with Gasteiger partial charge in [-0.15, -0.1) is 0 Å². The van der Waals surface area contributed by atoms with Gasteiger partial charge in [-0.3, -0.25) is 9.20 Å². The van der Waals surface area contributed by atoms with Crippen molar-refractivity contribution < 1.29 is 0 Å². The van der Waals surface area contributed by atoms with Crippen molar-refractivity contribution in [3.05, 3.63) is 57.8 Å². The molecule has 0 spiro atoms. The van der Waals surface area contributed by atoms with Crippen LogP contribution in [0.5, 0.6) is 0 Å². The Morgan fingerprint density at radius 3 is 2.46 bits per heavy atom. The summed E-state index contributed by atoms with van der Waals surface area (Å²) >= 11 is 0. The zero-order valence-corrected chi connectivity index (χ0v) is 13.6. The molecular formula is C17H14BN5O. The fourth-order valence-electron chi connectivity index (χ4n) is 2.90. The third-order valence-corrected chi connectivity index (χ3v) is 3.96. The van der Waals surface area contributed by atoms with Crippen molar-refractivity contribution in [2.75, 3.05) is 0 Å². The van der Waals surface area contributed by atoms with Gasteiger partial charge in [-0.2, -0.15) is 5.10 Å². The molecule has 0 aromatic carbocycles. The monoisotopic (exact) mass is 315 g/mol. The lowest BCUT2D eigenvalue weighted by atomic mass is 9.97. The normalized spacial score (nSPS) is 11.5. The molecule has 0 aliphatic rings. The van der Waals surface area contributed by atoms with E-state index in [9.17, 15) is 4.79 Å². The molecule has 0 fully saturated rings. The minimum Gasteiger partial charge on any atom is -0.269 e. The number of imidazole rings is 1. The number of rotatable bonds is 1. The molecule has 0 saturated heterocycles. The van der Waals surface area contributed by atoms with Crippen molar-refractivity contribution >= 4 is 24.6 Å². The van der Waals surface area contributed by atoms with E-state index in [2.05, 4.69) is 15.1 Å². The van der Waals surface area contributed by atoms with Gasteiger partial charge in [-0.05, 0) is 38.0 Å². The van der Waals surface area contributed by atoms with Crippen molar-refractivity contribution in [2.24, 2.45) is 0 Å². The van der Waals surface area contributed by atoms with Gasteiger partial charge in [0.15, 0.2) is 5.65 Å². The SMILES string of the molecule is [B]c1cc(C)c2nc(-c3cc(C)c4nc(C)cn4n3)cc(=O)n2c1. The summed E-state index contributed by atoms with van der Waals surface area (Å²) in [6.45, 7) is 5.76. The topological polar surface area (TPSA) is 64.6 Å². The molecule has 0 atom stereocenters. The smallest absolute Gasteiger partial charge is 0.258 e. The molecule has 0 amide bonds. The van der Waals surface area contributed by atoms with Gasteiger partial charge in [0.1, 0.15) is 19.2 Å². The van der Waals surface area contributed by atoms with Crippen molar-refractivity contribution in [3.63, 3.8) is 0 Å². The van der Waals surface area contributed by atoms with Crippen molar-refractivity contribution in [1.29, 1.82) is 0 Å². The Hall–Kier alpha value is -2.96. The third kappa shape index (κ3) is 2.20. The first-order chi connectivity index (χ1) is 11.4. The highest BCUT2D eigenvalue weighted by Gasteiger charge is 2.11. The van der Waals surface area contributed by atoms with Crippen LogP contribution in [0.3, 0.4) is 0 Å². The van der Waals surface area contributed by atoms with E-state index in [1.54, 1.807) is 16.8 Å². The summed E-state index contributed by atoms with van der Waals surface area (Å²) in [5.74, 6) is 0. The standard InChI is InChI=1S/C17H14BN5O/c1-9-4-12(18)8-22-15(24)6-13(20-16(9)22)14-5-10(2)17-19-11(3)7-23(17)21-14/h4-8H,1-3H3. The molecular weight excluding hydrogens is 301 g/mol. The molecule has 6 nitrogen and oxygen atoms in total. The molecule has 24 heavy (non-hydrogen) atoms. The molecule has 2 radical (unpaired) electrons. The molecule has 7 heteroatoms. The van der Waals surface area contributed by atoms with Gasteiger partial charge in [-0.1, -0.05) is 11.5 Å². The van der Waals surface area contributed by atoms with Gasteiger partial charge in [0.25, 0.3) is 5.56 Å². The maximum absolute atomic E-state index is 12.5. The first kappa shape index (κ1) is 14.6. The highest BCUT2D eigenvalue weighted by molar-refractivity contribution is 6.32. The second-order valence-electron chi connectivity index (χ2n) is 5.99. The van der Waals surface area contributed by atoms with E-state index in [1.807, 2.05) is 33.0 Å². The van der Waals surface area contributed by atoms with Crippen LogP contribution in [-0.4, -0.2) is 31.8 Å². The van der Waals surface area contributed by atoms with Crippen LogP contribution in [0, 0.1) is 20.8 Å². The van der Waals surface area contributed by atoms with Gasteiger partial charge in [0, 0.05) is 12.3 Å². The fraction of sp³-hybridized carbons (Fsp3) is 0.176. The maximum atomic E-state index is 12.5. The van der Waals surface area contributed by atoms with E-state index >= 15 is 0 Å². The van der Waals surface area contributed by atoms with Crippen LogP contribution in [0.1, 0.15) is 16.8 Å². The first-order valence-corrected chi connectivity index (χ1v) is 7.56. The summed E-state index contributed by atoms with van der Waals surface area (Å²) in [6.07, 6.45) is 3.44. The highest BCUT2D eigenvalue weighted by Crippen LogP contribution is 2.18. The van der Waals surface area contributed by atoms with E-state index in [0.29, 0.717) is 22.5 Å². The predicted molar refractivity (Wildman–Crippen MR) is 93.0 cm³/mol. The number of fused-ring (bicyclic) bond motifs is 2. The van der Waals surface area contributed by atoms with Gasteiger partial charge in [0.2, 0.25) is 0 Å². The number of hydrogen-bond acceptors (Lipinski definition) is 4. The summed E-state index contributed by atoms with van der Waals surface area (Å²) in [6, 6.07) is 5.17. The molecule has 0 unspecified atom stereocenters. The maximum Gasteiger partial charge on any atom is 0.258 e. The lowest BCUT2D eigenvalue weighted by molar-refractivity contribution is 0.925. The molecule has 0 N–H and O–H groups in total. The van der Waals surface area contributed by atoms with Crippen LogP contribution >= 0.6 is 0 Å². The van der Waals surface area contributed by atoms with Crippen LogP contribution in [0.15, 0.2) is 35.4 Å². The Balaban J connectivity index is 2.01. The van der Waals surface area contributed by atoms with Crippen molar-refractivity contribution in [2.45, 2.75) is 20.8 Å². The summed E-state index contributed by atoms with van der Waals surface area (Å²) in [7, 11) is 5.82. The van der Waals surface area contributed by atoms with Gasteiger partial charge in [0.05, 0.1) is 17.6 Å². The molecule has 0 bridgehead atoms. The summed E-state index contributed by atoms with van der Waals surface area (Å²) in [4.78, 5) is 21.5. The van der Waals surface area contributed by atoms with Gasteiger partial charge < -0.3 is 0 Å². The summed E-state index contributed by atoms with van der Waals surface area (Å²) in [5.41, 5.74) is 5.59. The lowest BCUT2D eigenvalue weighted by Crippen LogP contribution is -2.20. The van der Waals surface area contributed by atoms with E-state index in [-0.39, 0.29) is 5.56 Å². The Labute approximate surface area is 139 Å². The van der Waals surface area contributed by atoms with Crippen LogP contribution in [0.25, 0.3) is 22.7 Å². The Kier molecular flexibility index (Phi) is 3.06. The lowest BCUT2D eigenvalue weighted by Gasteiger charge is -2.08. The second kappa shape index (κ2) is 5.02. The second-order valence-corrected chi connectivity index (χ2v) is 5.99. The zero-order valence-electron chi connectivity index (χ0n) is 13.6. The highest BCUT2D eigenvalue weighted by atomic mass is 16.1. The van der Waals surface area contributed by atoms with Gasteiger partial charge in [-0.25, -0.2) is 14.5 Å². The zero-order chi connectivity index (χ0) is 17.0. The van der Waals surface area contributed by atoms with Crippen LogP contribution in [-0.2, 0) is 0 Å².